The number of fused-ring (bicyclic) bond motifs is 1. The van der Waals surface area contributed by atoms with Crippen molar-refractivity contribution < 1.29 is 9.18 Å². The summed E-state index contributed by atoms with van der Waals surface area (Å²) in [4.78, 5) is 16.9. The van der Waals surface area contributed by atoms with E-state index in [-0.39, 0.29) is 11.7 Å². The van der Waals surface area contributed by atoms with Crippen LogP contribution in [0.3, 0.4) is 0 Å². The van der Waals surface area contributed by atoms with Crippen LogP contribution in [-0.4, -0.2) is 50.7 Å². The van der Waals surface area contributed by atoms with Gasteiger partial charge in [0, 0.05) is 49.9 Å². The number of halogens is 1. The smallest absolute Gasteiger partial charge is 0.219 e. The molecule has 1 aromatic carbocycles. The van der Waals surface area contributed by atoms with Crippen LogP contribution in [0.4, 0.5) is 4.39 Å². The summed E-state index contributed by atoms with van der Waals surface area (Å²) in [5.41, 5.74) is 4.24. The lowest BCUT2D eigenvalue weighted by molar-refractivity contribution is -0.132. The van der Waals surface area contributed by atoms with Gasteiger partial charge >= 0.3 is 0 Å². The summed E-state index contributed by atoms with van der Waals surface area (Å²) >= 11 is 0. The Balaban J connectivity index is 1.57. The third-order valence-corrected chi connectivity index (χ3v) is 6.70. The molecule has 6 heteroatoms. The van der Waals surface area contributed by atoms with E-state index in [9.17, 15) is 9.18 Å². The predicted molar refractivity (Wildman–Crippen MR) is 111 cm³/mol. The standard InChI is InChI=1S/C23H31FN4O/c1-16-21(17(2)28(25-16)20-10-8-19(24)9-11-20)15-26-14-12-23-22(26)7-5-4-6-13-27(23)18(3)29/h8-11,22-23H,4-7,12-15H2,1-3H3/t22-,23+/m1/s1. The Bertz CT molecular complexity index is 876. The van der Waals surface area contributed by atoms with Gasteiger partial charge in [-0.1, -0.05) is 12.8 Å². The molecule has 2 fully saturated rings. The Morgan fingerprint density at radius 2 is 1.83 bits per heavy atom. The molecule has 0 N–H and O–H groups in total. The first-order valence-electron chi connectivity index (χ1n) is 10.8. The van der Waals surface area contributed by atoms with E-state index in [2.05, 4.69) is 23.6 Å². The molecule has 0 unspecified atom stereocenters. The maximum absolute atomic E-state index is 13.3. The normalized spacial score (nSPS) is 23.0. The molecule has 2 saturated heterocycles. The number of hydrogen-bond acceptors (Lipinski definition) is 3. The second kappa shape index (κ2) is 8.27. The van der Waals surface area contributed by atoms with Gasteiger partial charge in [0.1, 0.15) is 5.82 Å². The van der Waals surface area contributed by atoms with Gasteiger partial charge in [0.15, 0.2) is 0 Å². The third-order valence-electron chi connectivity index (χ3n) is 6.70. The van der Waals surface area contributed by atoms with Crippen molar-refractivity contribution in [3.8, 4) is 5.69 Å². The van der Waals surface area contributed by atoms with Gasteiger partial charge in [-0.3, -0.25) is 9.69 Å². The number of amides is 1. The molecule has 1 aromatic heterocycles. The van der Waals surface area contributed by atoms with Crippen molar-refractivity contribution in [2.24, 2.45) is 0 Å². The van der Waals surface area contributed by atoms with Crippen molar-refractivity contribution in [3.63, 3.8) is 0 Å². The van der Waals surface area contributed by atoms with E-state index in [4.69, 9.17) is 5.10 Å². The van der Waals surface area contributed by atoms with Crippen LogP contribution >= 0.6 is 0 Å². The highest BCUT2D eigenvalue weighted by Crippen LogP contribution is 2.32. The molecule has 156 valence electrons. The first kappa shape index (κ1) is 20.1. The molecule has 2 aliphatic heterocycles. The maximum atomic E-state index is 13.3. The van der Waals surface area contributed by atoms with Crippen molar-refractivity contribution in [3.05, 3.63) is 47.0 Å². The molecule has 29 heavy (non-hydrogen) atoms. The molecule has 2 aromatic rings. The molecule has 0 bridgehead atoms. The minimum Gasteiger partial charge on any atom is -0.338 e. The molecule has 3 heterocycles. The Kier molecular flexibility index (Phi) is 5.72. The Hall–Kier alpha value is -2.21. The minimum atomic E-state index is -0.238. The summed E-state index contributed by atoms with van der Waals surface area (Å²) in [5.74, 6) is -0.0295. The first-order chi connectivity index (χ1) is 14.0. The highest BCUT2D eigenvalue weighted by Gasteiger charge is 2.39. The zero-order valence-corrected chi connectivity index (χ0v) is 17.7. The molecular formula is C23H31FN4O. The third kappa shape index (κ3) is 3.95. The lowest BCUT2D eigenvalue weighted by Gasteiger charge is -2.37. The van der Waals surface area contributed by atoms with Gasteiger partial charge in [-0.15, -0.1) is 0 Å². The first-order valence-corrected chi connectivity index (χ1v) is 10.8. The number of carbonyl (C=O) groups is 1. The molecule has 2 atom stereocenters. The number of benzene rings is 1. The minimum absolute atomic E-state index is 0.209. The molecule has 0 spiro atoms. The number of hydrogen-bond donors (Lipinski definition) is 0. The van der Waals surface area contributed by atoms with Crippen LogP contribution in [0.2, 0.25) is 0 Å². The number of aromatic nitrogens is 2. The largest absolute Gasteiger partial charge is 0.338 e. The van der Waals surface area contributed by atoms with Crippen LogP contribution in [0.25, 0.3) is 5.69 Å². The highest BCUT2D eigenvalue weighted by atomic mass is 19.1. The monoisotopic (exact) mass is 398 g/mol. The fourth-order valence-corrected chi connectivity index (χ4v) is 5.14. The highest BCUT2D eigenvalue weighted by molar-refractivity contribution is 5.73. The average molecular weight is 399 g/mol. The Morgan fingerprint density at radius 1 is 1.07 bits per heavy atom. The predicted octanol–water partition coefficient (Wildman–Crippen LogP) is 3.99. The van der Waals surface area contributed by atoms with Crippen LogP contribution in [0.15, 0.2) is 24.3 Å². The van der Waals surface area contributed by atoms with E-state index in [1.165, 1.54) is 30.5 Å². The SMILES string of the molecule is CC(=O)N1CCCCC[C@@H]2[C@@H]1CCN2Cc1c(C)nn(-c2ccc(F)cc2)c1C. The van der Waals surface area contributed by atoms with Crippen molar-refractivity contribution >= 4 is 5.91 Å². The van der Waals surface area contributed by atoms with E-state index in [0.29, 0.717) is 12.1 Å². The summed E-state index contributed by atoms with van der Waals surface area (Å²) in [6, 6.07) is 7.24. The fourth-order valence-electron chi connectivity index (χ4n) is 5.14. The van der Waals surface area contributed by atoms with E-state index < -0.39 is 0 Å². The number of likely N-dealkylation sites (tertiary alicyclic amines) is 2. The summed E-state index contributed by atoms with van der Waals surface area (Å²) < 4.78 is 15.2. The molecule has 1 amide bonds. The van der Waals surface area contributed by atoms with Gasteiger partial charge in [-0.05, 0) is 57.4 Å². The van der Waals surface area contributed by atoms with Crippen LogP contribution in [0.1, 0.15) is 56.0 Å². The zero-order valence-electron chi connectivity index (χ0n) is 17.7. The van der Waals surface area contributed by atoms with Crippen molar-refractivity contribution in [1.82, 2.24) is 19.6 Å². The zero-order chi connectivity index (χ0) is 20.5. The Morgan fingerprint density at radius 3 is 2.55 bits per heavy atom. The van der Waals surface area contributed by atoms with Crippen molar-refractivity contribution in [2.75, 3.05) is 13.1 Å². The number of aryl methyl sites for hydroxylation is 1. The topological polar surface area (TPSA) is 41.4 Å². The maximum Gasteiger partial charge on any atom is 0.219 e. The number of carbonyl (C=O) groups excluding carboxylic acids is 1. The van der Waals surface area contributed by atoms with Gasteiger partial charge < -0.3 is 4.90 Å². The van der Waals surface area contributed by atoms with E-state index in [1.807, 2.05) is 4.68 Å². The Labute approximate surface area is 172 Å². The molecule has 0 saturated carbocycles. The van der Waals surface area contributed by atoms with Gasteiger partial charge in [0.2, 0.25) is 5.91 Å². The van der Waals surface area contributed by atoms with Gasteiger partial charge in [-0.25, -0.2) is 9.07 Å². The number of rotatable bonds is 3. The molecule has 5 nitrogen and oxygen atoms in total. The summed E-state index contributed by atoms with van der Waals surface area (Å²) in [6.45, 7) is 8.61. The van der Waals surface area contributed by atoms with Crippen molar-refractivity contribution in [2.45, 2.75) is 71.5 Å². The lowest BCUT2D eigenvalue weighted by atomic mass is 9.97. The van der Waals surface area contributed by atoms with Crippen LogP contribution < -0.4 is 0 Å². The molecule has 2 aliphatic rings. The van der Waals surface area contributed by atoms with E-state index in [0.717, 1.165) is 56.0 Å². The summed E-state index contributed by atoms with van der Waals surface area (Å²) in [5, 5.41) is 4.74. The fraction of sp³-hybridized carbons (Fsp3) is 0.565. The van der Waals surface area contributed by atoms with Gasteiger partial charge in [-0.2, -0.15) is 5.10 Å². The second-order valence-electron chi connectivity index (χ2n) is 8.49. The molecule has 4 rings (SSSR count). The van der Waals surface area contributed by atoms with Crippen LogP contribution in [0, 0.1) is 19.7 Å². The number of nitrogens with zero attached hydrogens (tertiary/aromatic N) is 4. The quantitative estimate of drug-likeness (QED) is 0.785. The summed E-state index contributed by atoms with van der Waals surface area (Å²) in [7, 11) is 0. The molecule has 0 aliphatic carbocycles. The van der Waals surface area contributed by atoms with E-state index in [1.54, 1.807) is 19.1 Å². The second-order valence-corrected chi connectivity index (χ2v) is 8.49. The average Bonchev–Trinajstić information content (AvgIpc) is 3.17. The van der Waals surface area contributed by atoms with Crippen LogP contribution in [0.5, 0.6) is 0 Å². The molecular weight excluding hydrogens is 367 g/mol. The van der Waals surface area contributed by atoms with Crippen LogP contribution in [-0.2, 0) is 11.3 Å². The van der Waals surface area contributed by atoms with Crippen molar-refractivity contribution in [1.29, 1.82) is 0 Å². The molecule has 0 radical (unpaired) electrons. The summed E-state index contributed by atoms with van der Waals surface area (Å²) in [6.07, 6.45) is 5.75. The van der Waals surface area contributed by atoms with E-state index >= 15 is 0 Å². The van der Waals surface area contributed by atoms with Gasteiger partial charge in [0.05, 0.1) is 11.4 Å². The lowest BCUT2D eigenvalue weighted by Crippen LogP contribution is -2.48. The van der Waals surface area contributed by atoms with Gasteiger partial charge in [0.25, 0.3) is 0 Å².